The lowest BCUT2D eigenvalue weighted by Gasteiger charge is -2.40. The summed E-state index contributed by atoms with van der Waals surface area (Å²) in [4.78, 5) is 26.1. The summed E-state index contributed by atoms with van der Waals surface area (Å²) in [6.45, 7) is 2.04. The molecule has 2 atom stereocenters. The topological polar surface area (TPSA) is 49.4 Å². The average molecular weight is 252 g/mol. The number of rotatable bonds is 3. The number of hydrogen-bond donors (Lipinski definition) is 1. The van der Waals surface area contributed by atoms with Gasteiger partial charge in [-0.15, -0.1) is 0 Å². The largest absolute Gasteiger partial charge is 0.342 e. The van der Waals surface area contributed by atoms with Crippen LogP contribution in [-0.2, 0) is 9.59 Å². The maximum atomic E-state index is 12.4. The molecule has 18 heavy (non-hydrogen) atoms. The van der Waals surface area contributed by atoms with E-state index in [1.165, 1.54) is 19.3 Å². The smallest absolute Gasteiger partial charge is 0.245 e. The SMILES string of the molecule is CCCC1C(=O)NC(C2CCCCC2)C(=O)N1C. The first-order chi connectivity index (χ1) is 8.65. The van der Waals surface area contributed by atoms with Gasteiger partial charge in [0.15, 0.2) is 0 Å². The highest BCUT2D eigenvalue weighted by atomic mass is 16.2. The maximum Gasteiger partial charge on any atom is 0.245 e. The molecule has 1 aliphatic heterocycles. The van der Waals surface area contributed by atoms with Crippen LogP contribution in [0.4, 0.5) is 0 Å². The summed E-state index contributed by atoms with van der Waals surface area (Å²) in [5, 5.41) is 2.97. The summed E-state index contributed by atoms with van der Waals surface area (Å²) in [7, 11) is 1.78. The molecule has 2 amide bonds. The molecule has 0 bridgehead atoms. The van der Waals surface area contributed by atoms with Gasteiger partial charge >= 0.3 is 0 Å². The standard InChI is InChI=1S/C14H24N2O2/c1-3-7-11-13(17)15-12(14(18)16(11)2)10-8-5-4-6-9-10/h10-12H,3-9H2,1-2H3,(H,15,17). The number of amides is 2. The second-order valence-electron chi connectivity index (χ2n) is 5.64. The number of piperazine rings is 1. The van der Waals surface area contributed by atoms with Gasteiger partial charge in [0.1, 0.15) is 12.1 Å². The second-order valence-corrected chi connectivity index (χ2v) is 5.64. The Morgan fingerprint density at radius 1 is 1.22 bits per heavy atom. The molecule has 2 aliphatic rings. The van der Waals surface area contributed by atoms with Crippen LogP contribution in [0, 0.1) is 5.92 Å². The monoisotopic (exact) mass is 252 g/mol. The molecular weight excluding hydrogens is 228 g/mol. The third kappa shape index (κ3) is 2.52. The van der Waals surface area contributed by atoms with E-state index < -0.39 is 0 Å². The molecule has 0 aromatic heterocycles. The van der Waals surface area contributed by atoms with Crippen molar-refractivity contribution in [1.29, 1.82) is 0 Å². The van der Waals surface area contributed by atoms with E-state index in [1.54, 1.807) is 11.9 Å². The first-order valence-corrected chi connectivity index (χ1v) is 7.22. The van der Waals surface area contributed by atoms with Gasteiger partial charge in [0.05, 0.1) is 0 Å². The lowest BCUT2D eigenvalue weighted by molar-refractivity contribution is -0.149. The molecule has 2 rings (SSSR count). The fraction of sp³-hybridized carbons (Fsp3) is 0.857. The van der Waals surface area contributed by atoms with Crippen molar-refractivity contribution in [2.45, 2.75) is 64.0 Å². The van der Waals surface area contributed by atoms with Gasteiger partial charge < -0.3 is 10.2 Å². The minimum atomic E-state index is -0.268. The second kappa shape index (κ2) is 5.72. The quantitative estimate of drug-likeness (QED) is 0.831. The molecule has 4 nitrogen and oxygen atoms in total. The number of likely N-dealkylation sites (N-methyl/N-ethyl adjacent to an activating group) is 1. The van der Waals surface area contributed by atoms with Crippen molar-refractivity contribution in [1.82, 2.24) is 10.2 Å². The Hall–Kier alpha value is -1.06. The van der Waals surface area contributed by atoms with Crippen molar-refractivity contribution in [2.75, 3.05) is 7.05 Å². The van der Waals surface area contributed by atoms with Gasteiger partial charge in [0.25, 0.3) is 0 Å². The predicted molar refractivity (Wildman–Crippen MR) is 70.0 cm³/mol. The van der Waals surface area contributed by atoms with Gasteiger partial charge in [-0.05, 0) is 25.2 Å². The van der Waals surface area contributed by atoms with Gasteiger partial charge in [-0.3, -0.25) is 9.59 Å². The van der Waals surface area contributed by atoms with Crippen molar-refractivity contribution in [3.05, 3.63) is 0 Å². The van der Waals surface area contributed by atoms with Crippen LogP contribution in [0.15, 0.2) is 0 Å². The van der Waals surface area contributed by atoms with Gasteiger partial charge in [0, 0.05) is 7.05 Å². The fourth-order valence-electron chi connectivity index (χ4n) is 3.25. The van der Waals surface area contributed by atoms with Gasteiger partial charge in [-0.1, -0.05) is 32.6 Å². The lowest BCUT2D eigenvalue weighted by atomic mass is 9.82. The zero-order chi connectivity index (χ0) is 13.1. The highest BCUT2D eigenvalue weighted by Crippen LogP contribution is 2.29. The highest BCUT2D eigenvalue weighted by molar-refractivity contribution is 5.96. The normalized spacial score (nSPS) is 30.4. The van der Waals surface area contributed by atoms with Gasteiger partial charge in [0.2, 0.25) is 11.8 Å². The van der Waals surface area contributed by atoms with E-state index in [2.05, 4.69) is 5.32 Å². The highest BCUT2D eigenvalue weighted by Gasteiger charge is 2.41. The van der Waals surface area contributed by atoms with Gasteiger partial charge in [-0.2, -0.15) is 0 Å². The third-order valence-corrected chi connectivity index (χ3v) is 4.36. The van der Waals surface area contributed by atoms with E-state index in [1.807, 2.05) is 6.92 Å². The third-order valence-electron chi connectivity index (χ3n) is 4.36. The Morgan fingerprint density at radius 3 is 2.50 bits per heavy atom. The molecule has 2 fully saturated rings. The van der Waals surface area contributed by atoms with E-state index in [4.69, 9.17) is 0 Å². The van der Waals surface area contributed by atoms with E-state index >= 15 is 0 Å². The molecule has 1 saturated heterocycles. The molecule has 0 radical (unpaired) electrons. The Labute approximate surface area is 109 Å². The van der Waals surface area contributed by atoms with Crippen molar-refractivity contribution < 1.29 is 9.59 Å². The molecule has 4 heteroatoms. The maximum absolute atomic E-state index is 12.4. The van der Waals surface area contributed by atoms with E-state index in [9.17, 15) is 9.59 Å². The number of hydrogen-bond acceptors (Lipinski definition) is 2. The molecule has 0 spiro atoms. The Bertz CT molecular complexity index is 324. The number of nitrogens with one attached hydrogen (secondary N) is 1. The Morgan fingerprint density at radius 2 is 1.89 bits per heavy atom. The molecule has 0 aromatic rings. The molecule has 2 unspecified atom stereocenters. The molecule has 1 N–H and O–H groups in total. The molecule has 102 valence electrons. The number of nitrogens with zero attached hydrogens (tertiary/aromatic N) is 1. The number of carbonyl (C=O) groups is 2. The first-order valence-electron chi connectivity index (χ1n) is 7.22. The van der Waals surface area contributed by atoms with Crippen LogP contribution in [0.25, 0.3) is 0 Å². The minimum Gasteiger partial charge on any atom is -0.342 e. The van der Waals surface area contributed by atoms with Crippen molar-refractivity contribution in [3.63, 3.8) is 0 Å². The minimum absolute atomic E-state index is 0.0366. The van der Waals surface area contributed by atoms with Gasteiger partial charge in [-0.25, -0.2) is 0 Å². The van der Waals surface area contributed by atoms with Crippen LogP contribution in [-0.4, -0.2) is 35.8 Å². The van der Waals surface area contributed by atoms with Crippen LogP contribution >= 0.6 is 0 Å². The van der Waals surface area contributed by atoms with Crippen LogP contribution in [0.3, 0.4) is 0 Å². The summed E-state index contributed by atoms with van der Waals surface area (Å²) in [6.07, 6.45) is 7.46. The predicted octanol–water partition coefficient (Wildman–Crippen LogP) is 1.69. The van der Waals surface area contributed by atoms with E-state index in [-0.39, 0.29) is 23.9 Å². The molecule has 0 aromatic carbocycles. The lowest BCUT2D eigenvalue weighted by Crippen LogP contribution is -2.64. The zero-order valence-corrected chi connectivity index (χ0v) is 11.4. The zero-order valence-electron chi connectivity index (χ0n) is 11.4. The summed E-state index contributed by atoms with van der Waals surface area (Å²) >= 11 is 0. The van der Waals surface area contributed by atoms with Crippen molar-refractivity contribution in [3.8, 4) is 0 Å². The van der Waals surface area contributed by atoms with E-state index in [0.29, 0.717) is 5.92 Å². The summed E-state index contributed by atoms with van der Waals surface area (Å²) in [6, 6.07) is -0.529. The van der Waals surface area contributed by atoms with Crippen LogP contribution in [0.5, 0.6) is 0 Å². The Kier molecular flexibility index (Phi) is 4.25. The average Bonchev–Trinajstić information content (AvgIpc) is 2.40. The summed E-state index contributed by atoms with van der Waals surface area (Å²) < 4.78 is 0. The molecule has 1 aliphatic carbocycles. The van der Waals surface area contributed by atoms with E-state index in [0.717, 1.165) is 25.7 Å². The first kappa shape index (κ1) is 13.4. The molecule has 1 heterocycles. The summed E-state index contributed by atoms with van der Waals surface area (Å²) in [5.74, 6) is 0.495. The molecule has 1 saturated carbocycles. The van der Waals surface area contributed by atoms with Crippen LogP contribution < -0.4 is 5.32 Å². The fourth-order valence-corrected chi connectivity index (χ4v) is 3.25. The number of carbonyl (C=O) groups excluding carboxylic acids is 2. The van der Waals surface area contributed by atoms with Crippen molar-refractivity contribution in [2.24, 2.45) is 5.92 Å². The summed E-state index contributed by atoms with van der Waals surface area (Å²) in [5.41, 5.74) is 0. The van der Waals surface area contributed by atoms with Crippen molar-refractivity contribution >= 4 is 11.8 Å². The van der Waals surface area contributed by atoms with Crippen LogP contribution in [0.2, 0.25) is 0 Å². The van der Waals surface area contributed by atoms with Crippen LogP contribution in [0.1, 0.15) is 51.9 Å². The molecular formula is C14H24N2O2. The Balaban J connectivity index is 2.06.